The van der Waals surface area contributed by atoms with E-state index in [9.17, 15) is 9.59 Å². The standard InChI is InChI=1S/C25H21N3O3/c29-24(17-31-23-15-10-18-6-4-5-7-19(18)16-23)26-21-11-13-22(14-12-21)28-25(30)27-20-8-2-1-3-9-20/h1-16H,17H2,(H,26,29)(H2,27,28,30). The Labute approximate surface area is 179 Å². The molecule has 3 N–H and O–H groups in total. The second-order valence-corrected chi connectivity index (χ2v) is 6.87. The van der Waals surface area contributed by atoms with Crippen LogP contribution in [0.3, 0.4) is 0 Å². The zero-order valence-corrected chi connectivity index (χ0v) is 16.7. The van der Waals surface area contributed by atoms with E-state index >= 15 is 0 Å². The lowest BCUT2D eigenvalue weighted by Gasteiger charge is -2.10. The average molecular weight is 411 g/mol. The van der Waals surface area contributed by atoms with Gasteiger partial charge in [-0.3, -0.25) is 4.79 Å². The van der Waals surface area contributed by atoms with Crippen LogP contribution in [0.2, 0.25) is 0 Å². The quantitative estimate of drug-likeness (QED) is 0.392. The van der Waals surface area contributed by atoms with Crippen LogP contribution in [-0.2, 0) is 4.79 Å². The third-order valence-electron chi connectivity index (χ3n) is 4.55. The number of hydrogen-bond donors (Lipinski definition) is 3. The summed E-state index contributed by atoms with van der Waals surface area (Å²) in [6.07, 6.45) is 0. The Kier molecular flexibility index (Phi) is 6.09. The van der Waals surface area contributed by atoms with Crippen molar-refractivity contribution in [2.45, 2.75) is 0 Å². The van der Waals surface area contributed by atoms with Crippen molar-refractivity contribution in [2.24, 2.45) is 0 Å². The fourth-order valence-electron chi connectivity index (χ4n) is 3.05. The Balaban J connectivity index is 1.27. The molecule has 0 aromatic heterocycles. The summed E-state index contributed by atoms with van der Waals surface area (Å²) in [6.45, 7) is -0.0994. The third-order valence-corrected chi connectivity index (χ3v) is 4.55. The molecule has 154 valence electrons. The van der Waals surface area contributed by atoms with Crippen LogP contribution in [0.5, 0.6) is 5.75 Å². The predicted octanol–water partition coefficient (Wildman–Crippen LogP) is 5.50. The van der Waals surface area contributed by atoms with Crippen LogP contribution in [0.15, 0.2) is 97.1 Å². The van der Waals surface area contributed by atoms with Crippen LogP contribution in [-0.4, -0.2) is 18.5 Å². The van der Waals surface area contributed by atoms with Gasteiger partial charge in [-0.15, -0.1) is 0 Å². The fourth-order valence-corrected chi connectivity index (χ4v) is 3.05. The highest BCUT2D eigenvalue weighted by atomic mass is 16.5. The van der Waals surface area contributed by atoms with Gasteiger partial charge in [0.05, 0.1) is 0 Å². The zero-order valence-electron chi connectivity index (χ0n) is 16.7. The minimum Gasteiger partial charge on any atom is -0.484 e. The molecule has 0 bridgehead atoms. The molecule has 4 rings (SSSR count). The Morgan fingerprint density at radius 2 is 1.19 bits per heavy atom. The van der Waals surface area contributed by atoms with E-state index in [1.807, 2.05) is 60.7 Å². The number of fused-ring (bicyclic) bond motifs is 1. The van der Waals surface area contributed by atoms with Gasteiger partial charge in [0, 0.05) is 17.1 Å². The highest BCUT2D eigenvalue weighted by Crippen LogP contribution is 2.20. The summed E-state index contributed by atoms with van der Waals surface area (Å²) < 4.78 is 5.60. The summed E-state index contributed by atoms with van der Waals surface area (Å²) in [5.41, 5.74) is 1.93. The maximum Gasteiger partial charge on any atom is 0.323 e. The fraction of sp³-hybridized carbons (Fsp3) is 0.0400. The summed E-state index contributed by atoms with van der Waals surface area (Å²) in [5.74, 6) is 0.369. The largest absolute Gasteiger partial charge is 0.484 e. The lowest BCUT2D eigenvalue weighted by Crippen LogP contribution is -2.20. The highest BCUT2D eigenvalue weighted by molar-refractivity contribution is 6.00. The number of carbonyl (C=O) groups excluding carboxylic acids is 2. The van der Waals surface area contributed by atoms with Gasteiger partial charge < -0.3 is 20.7 Å². The van der Waals surface area contributed by atoms with Crippen LogP contribution in [0.1, 0.15) is 0 Å². The van der Waals surface area contributed by atoms with Crippen molar-refractivity contribution in [1.82, 2.24) is 0 Å². The lowest BCUT2D eigenvalue weighted by atomic mass is 10.1. The first-order valence-corrected chi connectivity index (χ1v) is 9.80. The van der Waals surface area contributed by atoms with E-state index in [1.165, 1.54) is 0 Å². The first kappa shape index (κ1) is 20.0. The van der Waals surface area contributed by atoms with Gasteiger partial charge >= 0.3 is 6.03 Å². The molecule has 0 saturated carbocycles. The van der Waals surface area contributed by atoms with Crippen LogP contribution in [0.4, 0.5) is 21.9 Å². The van der Waals surface area contributed by atoms with Crippen LogP contribution in [0, 0.1) is 0 Å². The molecule has 0 aliphatic rings. The number of urea groups is 1. The molecule has 31 heavy (non-hydrogen) atoms. The monoisotopic (exact) mass is 411 g/mol. The van der Waals surface area contributed by atoms with Crippen molar-refractivity contribution in [2.75, 3.05) is 22.6 Å². The van der Waals surface area contributed by atoms with Gasteiger partial charge in [-0.2, -0.15) is 0 Å². The smallest absolute Gasteiger partial charge is 0.323 e. The number of hydrogen-bond acceptors (Lipinski definition) is 3. The first-order valence-electron chi connectivity index (χ1n) is 9.80. The van der Waals surface area contributed by atoms with E-state index in [-0.39, 0.29) is 18.5 Å². The Morgan fingerprint density at radius 3 is 1.90 bits per heavy atom. The van der Waals surface area contributed by atoms with Gasteiger partial charge in [0.15, 0.2) is 6.61 Å². The summed E-state index contributed by atoms with van der Waals surface area (Å²) in [5, 5.41) is 10.4. The molecule has 6 heteroatoms. The Bertz CT molecular complexity index is 1190. The number of ether oxygens (including phenoxy) is 1. The van der Waals surface area contributed by atoms with Gasteiger partial charge in [-0.05, 0) is 59.3 Å². The molecule has 0 unspecified atom stereocenters. The highest BCUT2D eigenvalue weighted by Gasteiger charge is 2.06. The second-order valence-electron chi connectivity index (χ2n) is 6.87. The number of rotatable bonds is 6. The first-order chi connectivity index (χ1) is 15.2. The zero-order chi connectivity index (χ0) is 21.5. The normalized spacial score (nSPS) is 10.3. The molecule has 0 fully saturated rings. The van der Waals surface area contributed by atoms with Crippen LogP contribution in [0.25, 0.3) is 10.8 Å². The molecular weight excluding hydrogens is 390 g/mol. The summed E-state index contributed by atoms with van der Waals surface area (Å²) in [4.78, 5) is 24.2. The maximum absolute atomic E-state index is 12.2. The molecule has 0 spiro atoms. The number of para-hydroxylation sites is 1. The molecule has 4 aromatic rings. The molecule has 4 aromatic carbocycles. The molecule has 0 atom stereocenters. The SMILES string of the molecule is O=C(COc1ccc2ccccc2c1)Nc1ccc(NC(=O)Nc2ccccc2)cc1. The van der Waals surface area contributed by atoms with Crippen LogP contribution < -0.4 is 20.7 Å². The molecule has 6 nitrogen and oxygen atoms in total. The molecule has 0 aliphatic heterocycles. The molecule has 0 saturated heterocycles. The molecule has 0 radical (unpaired) electrons. The van der Waals surface area contributed by atoms with E-state index < -0.39 is 0 Å². The Hall–Kier alpha value is -4.32. The summed E-state index contributed by atoms with van der Waals surface area (Å²) in [6, 6.07) is 29.4. The van der Waals surface area contributed by atoms with Gasteiger partial charge in [-0.1, -0.05) is 48.5 Å². The van der Waals surface area contributed by atoms with Crippen molar-refractivity contribution in [1.29, 1.82) is 0 Å². The van der Waals surface area contributed by atoms with E-state index in [4.69, 9.17) is 4.74 Å². The predicted molar refractivity (Wildman–Crippen MR) is 124 cm³/mol. The number of benzene rings is 4. The second kappa shape index (κ2) is 9.45. The van der Waals surface area contributed by atoms with Gasteiger partial charge in [0.2, 0.25) is 0 Å². The van der Waals surface area contributed by atoms with Gasteiger partial charge in [-0.25, -0.2) is 4.79 Å². The van der Waals surface area contributed by atoms with Gasteiger partial charge in [0.25, 0.3) is 5.91 Å². The van der Waals surface area contributed by atoms with Crippen molar-refractivity contribution >= 4 is 39.8 Å². The van der Waals surface area contributed by atoms with Crippen molar-refractivity contribution < 1.29 is 14.3 Å². The van der Waals surface area contributed by atoms with Crippen molar-refractivity contribution in [3.63, 3.8) is 0 Å². The third kappa shape index (κ3) is 5.61. The van der Waals surface area contributed by atoms with Crippen molar-refractivity contribution in [3.8, 4) is 5.75 Å². The van der Waals surface area contributed by atoms with E-state index in [0.29, 0.717) is 22.8 Å². The molecule has 0 heterocycles. The average Bonchev–Trinajstić information content (AvgIpc) is 2.79. The van der Waals surface area contributed by atoms with Crippen LogP contribution >= 0.6 is 0 Å². The van der Waals surface area contributed by atoms with E-state index in [1.54, 1.807) is 36.4 Å². The number of anilines is 3. The molecular formula is C25H21N3O3. The lowest BCUT2D eigenvalue weighted by molar-refractivity contribution is -0.118. The minimum absolute atomic E-state index is 0.0994. The molecule has 3 amide bonds. The summed E-state index contributed by atoms with van der Waals surface area (Å²) in [7, 11) is 0. The number of amides is 3. The maximum atomic E-state index is 12.2. The topological polar surface area (TPSA) is 79.5 Å². The number of carbonyl (C=O) groups is 2. The minimum atomic E-state index is -0.341. The Morgan fingerprint density at radius 1 is 0.613 bits per heavy atom. The van der Waals surface area contributed by atoms with E-state index in [2.05, 4.69) is 16.0 Å². The summed E-state index contributed by atoms with van der Waals surface area (Å²) >= 11 is 0. The molecule has 0 aliphatic carbocycles. The van der Waals surface area contributed by atoms with Gasteiger partial charge in [0.1, 0.15) is 5.75 Å². The van der Waals surface area contributed by atoms with E-state index in [0.717, 1.165) is 10.8 Å². The van der Waals surface area contributed by atoms with Crippen molar-refractivity contribution in [3.05, 3.63) is 97.1 Å². The number of nitrogens with one attached hydrogen (secondary N) is 3.